The van der Waals surface area contributed by atoms with Gasteiger partial charge in [-0.05, 0) is 67.4 Å². The molecule has 1 aromatic carbocycles. The molecule has 3 rings (SSSR count). The van der Waals surface area contributed by atoms with E-state index in [0.717, 1.165) is 30.4 Å². The van der Waals surface area contributed by atoms with Crippen LogP contribution in [0.2, 0.25) is 0 Å². The van der Waals surface area contributed by atoms with Crippen molar-refractivity contribution in [3.63, 3.8) is 0 Å². The molecule has 0 aromatic heterocycles. The molecule has 2 aliphatic carbocycles. The maximum Gasteiger partial charge on any atom is 0.263 e. The summed E-state index contributed by atoms with van der Waals surface area (Å²) >= 11 is 0. The summed E-state index contributed by atoms with van der Waals surface area (Å²) in [5.41, 5.74) is 8.07. The van der Waals surface area contributed by atoms with Crippen molar-refractivity contribution < 1.29 is 13.5 Å². The first-order valence-electron chi connectivity index (χ1n) is 14.2. The molecule has 2 N–H and O–H groups in total. The molecule has 1 aromatic rings. The maximum absolute atomic E-state index is 12.8. The third-order valence-electron chi connectivity index (χ3n) is 8.20. The third-order valence-corrected chi connectivity index (χ3v) is 8.20. The second kappa shape index (κ2) is 14.7. The summed E-state index contributed by atoms with van der Waals surface area (Å²) in [6.07, 6.45) is 12.1. The molecule has 2 saturated carbocycles. The summed E-state index contributed by atoms with van der Waals surface area (Å²) in [6.45, 7) is 13.3. The van der Waals surface area contributed by atoms with Crippen molar-refractivity contribution in [1.29, 1.82) is 0 Å². The van der Waals surface area contributed by atoms with Gasteiger partial charge in [0.05, 0.1) is 5.69 Å². The maximum atomic E-state index is 12.8. The van der Waals surface area contributed by atoms with Gasteiger partial charge in [0.15, 0.2) is 5.88 Å². The van der Waals surface area contributed by atoms with Gasteiger partial charge in [-0.3, -0.25) is 4.99 Å². The van der Waals surface area contributed by atoms with Crippen LogP contribution in [-0.2, 0) is 4.74 Å². The van der Waals surface area contributed by atoms with E-state index >= 15 is 0 Å². The van der Waals surface area contributed by atoms with Gasteiger partial charge in [-0.25, -0.2) is 8.78 Å². The topological polar surface area (TPSA) is 47.6 Å². The molecule has 0 bridgehead atoms. The normalized spacial score (nSPS) is 24.2. The number of nitrogens with two attached hydrogens (primary N) is 1. The fourth-order valence-corrected chi connectivity index (χ4v) is 5.06. The number of rotatable bonds is 10. The van der Waals surface area contributed by atoms with Crippen molar-refractivity contribution in [2.45, 2.75) is 118 Å². The summed E-state index contributed by atoms with van der Waals surface area (Å²) in [5.74, 6) is 2.34. The van der Waals surface area contributed by atoms with Crippen LogP contribution in [0.25, 0.3) is 0 Å². The lowest BCUT2D eigenvalue weighted by Crippen LogP contribution is -2.32. The number of nitrogens with zero attached hydrogens (tertiary/aromatic N) is 1. The van der Waals surface area contributed by atoms with Crippen LogP contribution < -0.4 is 5.73 Å². The minimum atomic E-state index is -2.47. The molecule has 2 aliphatic rings. The lowest BCUT2D eigenvalue weighted by atomic mass is 9.67. The minimum absolute atomic E-state index is 0.00257. The molecule has 36 heavy (non-hydrogen) atoms. The van der Waals surface area contributed by atoms with Crippen molar-refractivity contribution in [2.24, 2.45) is 33.9 Å². The van der Waals surface area contributed by atoms with Crippen LogP contribution >= 0.6 is 0 Å². The average molecular weight is 505 g/mol. The van der Waals surface area contributed by atoms with E-state index in [-0.39, 0.29) is 17.6 Å². The molecule has 0 spiro atoms. The van der Waals surface area contributed by atoms with E-state index in [0.29, 0.717) is 17.0 Å². The van der Waals surface area contributed by atoms with Gasteiger partial charge in [0, 0.05) is 17.4 Å². The molecule has 0 amide bonds. The first-order valence-corrected chi connectivity index (χ1v) is 14.2. The second-order valence-electron chi connectivity index (χ2n) is 11.6. The van der Waals surface area contributed by atoms with Crippen LogP contribution in [0.4, 0.5) is 14.5 Å². The molecule has 5 heteroatoms. The summed E-state index contributed by atoms with van der Waals surface area (Å²) in [6, 6.07) is 6.04. The summed E-state index contributed by atoms with van der Waals surface area (Å²) in [4.78, 5) is 4.61. The predicted molar refractivity (Wildman–Crippen MR) is 149 cm³/mol. The molecule has 0 heterocycles. The highest BCUT2D eigenvalue weighted by Crippen LogP contribution is 2.45. The van der Waals surface area contributed by atoms with E-state index < -0.39 is 6.43 Å². The molecular weight excluding hydrogens is 454 g/mol. The van der Waals surface area contributed by atoms with Crippen LogP contribution in [0, 0.1) is 23.2 Å². The van der Waals surface area contributed by atoms with E-state index in [9.17, 15) is 8.78 Å². The number of ether oxygens (including phenoxy) is 1. The number of hydrogen-bond donors (Lipinski definition) is 1. The van der Waals surface area contributed by atoms with E-state index in [1.54, 1.807) is 18.2 Å². The van der Waals surface area contributed by atoms with Crippen LogP contribution in [0.1, 0.15) is 118 Å². The smallest absolute Gasteiger partial charge is 0.263 e. The lowest BCUT2D eigenvalue weighted by molar-refractivity contribution is 0.0221. The summed E-state index contributed by atoms with van der Waals surface area (Å²) < 4.78 is 31.6. The minimum Gasteiger partial charge on any atom is -0.476 e. The highest BCUT2D eigenvalue weighted by molar-refractivity contribution is 5.98. The monoisotopic (exact) mass is 504 g/mol. The molecule has 0 aliphatic heterocycles. The molecule has 0 radical (unpaired) electrons. The van der Waals surface area contributed by atoms with Crippen molar-refractivity contribution in [3.8, 4) is 0 Å². The van der Waals surface area contributed by atoms with Gasteiger partial charge in [0.25, 0.3) is 6.43 Å². The number of benzene rings is 1. The van der Waals surface area contributed by atoms with Crippen LogP contribution in [0.3, 0.4) is 0 Å². The van der Waals surface area contributed by atoms with Gasteiger partial charge < -0.3 is 10.5 Å². The Morgan fingerprint density at radius 1 is 1.08 bits per heavy atom. The van der Waals surface area contributed by atoms with Crippen LogP contribution in [-0.4, -0.2) is 11.8 Å². The Morgan fingerprint density at radius 2 is 1.67 bits per heavy atom. The van der Waals surface area contributed by atoms with E-state index in [4.69, 9.17) is 10.5 Å². The number of allylic oxidation sites excluding steroid dienone is 1. The molecular formula is C31H50F2N2O. The molecule has 1 atom stereocenters. The van der Waals surface area contributed by atoms with Crippen molar-refractivity contribution in [1.82, 2.24) is 0 Å². The zero-order chi connectivity index (χ0) is 26.7. The molecule has 2 fully saturated rings. The number of aliphatic imine (C=N–C) groups is 1. The first kappa shape index (κ1) is 30.3. The Balaban J connectivity index is 0.000000809. The zero-order valence-electron chi connectivity index (χ0n) is 23.5. The highest BCUT2D eigenvalue weighted by Gasteiger charge is 2.35. The lowest BCUT2D eigenvalue weighted by Gasteiger charge is -2.41. The predicted octanol–water partition coefficient (Wildman–Crippen LogP) is 9.75. The Labute approximate surface area is 219 Å². The summed E-state index contributed by atoms with van der Waals surface area (Å²) in [7, 11) is 0. The SMILES string of the molecule is CC1CCC1.CCC(C)CC1(CC)CCC(O/C(N)=C/C(=Nc2ccc(C(F)F)cc2)C(C)C)CC1. The third kappa shape index (κ3) is 9.86. The zero-order valence-corrected chi connectivity index (χ0v) is 23.5. The number of hydrogen-bond acceptors (Lipinski definition) is 3. The summed E-state index contributed by atoms with van der Waals surface area (Å²) in [5, 5.41) is 0. The van der Waals surface area contributed by atoms with Crippen LogP contribution in [0.5, 0.6) is 0 Å². The Morgan fingerprint density at radius 3 is 2.08 bits per heavy atom. The Hall–Kier alpha value is -1.91. The molecule has 1 unspecified atom stereocenters. The Kier molecular flexibility index (Phi) is 12.4. The molecule has 0 saturated heterocycles. The van der Waals surface area contributed by atoms with Gasteiger partial charge in [0.1, 0.15) is 6.10 Å². The van der Waals surface area contributed by atoms with E-state index in [2.05, 4.69) is 32.7 Å². The van der Waals surface area contributed by atoms with Gasteiger partial charge in [-0.1, -0.05) is 85.8 Å². The fraction of sp³-hybridized carbons (Fsp3) is 0.710. The molecule has 204 valence electrons. The van der Waals surface area contributed by atoms with Gasteiger partial charge >= 0.3 is 0 Å². The number of alkyl halides is 2. The van der Waals surface area contributed by atoms with Crippen molar-refractivity contribution in [3.05, 3.63) is 41.8 Å². The standard InChI is InChI=1S/C26H40F2N2O.C5H10/c1-6-19(5)17-26(7-2)14-12-22(13-15-26)31-24(29)16-23(18(3)4)30-21-10-8-20(9-11-21)25(27)28;1-5-3-2-4-5/h8-11,16,18-19,22,25H,6-7,12-15,17,29H2,1-5H3;5H,2-4H2,1H3/b24-16+,30-23?;. The van der Waals surface area contributed by atoms with Crippen molar-refractivity contribution >= 4 is 11.4 Å². The average Bonchev–Trinajstić information content (AvgIpc) is 2.84. The fourth-order valence-electron chi connectivity index (χ4n) is 5.06. The highest BCUT2D eigenvalue weighted by atomic mass is 19.3. The quantitative estimate of drug-likeness (QED) is 0.255. The van der Waals surface area contributed by atoms with E-state index in [1.165, 1.54) is 63.5 Å². The Bertz CT molecular complexity index is 819. The largest absolute Gasteiger partial charge is 0.476 e. The van der Waals surface area contributed by atoms with Gasteiger partial charge in [0.2, 0.25) is 0 Å². The second-order valence-corrected chi connectivity index (χ2v) is 11.6. The molecule has 3 nitrogen and oxygen atoms in total. The first-order chi connectivity index (χ1) is 17.1. The van der Waals surface area contributed by atoms with Crippen molar-refractivity contribution in [2.75, 3.05) is 0 Å². The van der Waals surface area contributed by atoms with Crippen LogP contribution in [0.15, 0.2) is 41.2 Å². The number of halogens is 2. The van der Waals surface area contributed by atoms with Gasteiger partial charge in [-0.2, -0.15) is 0 Å². The van der Waals surface area contributed by atoms with Gasteiger partial charge in [-0.15, -0.1) is 0 Å². The van der Waals surface area contributed by atoms with E-state index in [1.807, 2.05) is 13.8 Å².